The number of aromatic nitrogens is 3. The first kappa shape index (κ1) is 16.6. The van der Waals surface area contributed by atoms with Crippen molar-refractivity contribution in [3.05, 3.63) is 42.2 Å². The third kappa shape index (κ3) is 3.47. The minimum Gasteiger partial charge on any atom is -0.493 e. The molecule has 8 nitrogen and oxygen atoms in total. The van der Waals surface area contributed by atoms with Crippen LogP contribution in [0.25, 0.3) is 5.65 Å². The van der Waals surface area contributed by atoms with Crippen LogP contribution in [-0.2, 0) is 0 Å². The Morgan fingerprint density at radius 2 is 1.96 bits per heavy atom. The van der Waals surface area contributed by atoms with E-state index < -0.39 is 0 Å². The number of hydrogen-bond acceptors (Lipinski definition) is 6. The van der Waals surface area contributed by atoms with Gasteiger partial charge in [0, 0.05) is 17.8 Å². The molecule has 1 aromatic carbocycles. The molecule has 1 amide bonds. The molecule has 130 valence electrons. The summed E-state index contributed by atoms with van der Waals surface area (Å²) >= 11 is 0. The average Bonchev–Trinajstić information content (AvgIpc) is 3.05. The number of anilines is 1. The molecule has 0 aliphatic rings. The molecule has 0 radical (unpaired) electrons. The Morgan fingerprint density at radius 1 is 1.16 bits per heavy atom. The number of carbonyl (C=O) groups is 1. The predicted molar refractivity (Wildman–Crippen MR) is 91.7 cm³/mol. The van der Waals surface area contributed by atoms with E-state index in [-0.39, 0.29) is 11.6 Å². The molecule has 0 saturated carbocycles. The summed E-state index contributed by atoms with van der Waals surface area (Å²) < 4.78 is 17.3. The van der Waals surface area contributed by atoms with Gasteiger partial charge >= 0.3 is 0 Å². The van der Waals surface area contributed by atoms with E-state index in [0.717, 1.165) is 0 Å². The maximum Gasteiger partial charge on any atom is 0.275 e. The van der Waals surface area contributed by atoms with Crippen molar-refractivity contribution in [3.63, 3.8) is 0 Å². The van der Waals surface area contributed by atoms with Gasteiger partial charge in [-0.1, -0.05) is 0 Å². The molecule has 0 fully saturated rings. The summed E-state index contributed by atoms with van der Waals surface area (Å²) in [4.78, 5) is 16.7. The minimum atomic E-state index is -0.351. The molecular formula is C17H18N4O4. The zero-order valence-corrected chi connectivity index (χ0v) is 14.1. The molecule has 0 saturated heterocycles. The van der Waals surface area contributed by atoms with Crippen LogP contribution in [0.3, 0.4) is 0 Å². The minimum absolute atomic E-state index is 0.246. The number of nitrogens with one attached hydrogen (secondary N) is 1. The van der Waals surface area contributed by atoms with Crippen LogP contribution in [-0.4, -0.2) is 41.3 Å². The second-order valence-corrected chi connectivity index (χ2v) is 5.06. The lowest BCUT2D eigenvalue weighted by molar-refractivity contribution is 0.102. The molecule has 1 N–H and O–H groups in total. The summed E-state index contributed by atoms with van der Waals surface area (Å²) in [6, 6.07) is 8.57. The van der Waals surface area contributed by atoms with Crippen molar-refractivity contribution in [2.24, 2.45) is 0 Å². The van der Waals surface area contributed by atoms with E-state index in [2.05, 4.69) is 15.4 Å². The van der Waals surface area contributed by atoms with Gasteiger partial charge < -0.3 is 19.5 Å². The Balaban J connectivity index is 1.82. The van der Waals surface area contributed by atoms with Crippen LogP contribution in [0, 0.1) is 0 Å². The van der Waals surface area contributed by atoms with E-state index in [1.165, 1.54) is 11.6 Å². The van der Waals surface area contributed by atoms with Crippen LogP contribution in [0.15, 0.2) is 36.5 Å². The number of ether oxygens (including phenoxy) is 3. The number of fused-ring (bicyclic) bond motifs is 1. The van der Waals surface area contributed by atoms with E-state index in [9.17, 15) is 4.79 Å². The standard InChI is InChI=1S/C17H18N4O4/c1-4-25-16-8-7-15-19-12(10-21(15)20-16)17(22)18-11-5-6-13(23-2)14(9-11)24-3/h5-10H,4H2,1-3H3,(H,18,22). The lowest BCUT2D eigenvalue weighted by Crippen LogP contribution is -2.12. The van der Waals surface area contributed by atoms with E-state index in [1.54, 1.807) is 43.6 Å². The molecule has 0 bridgehead atoms. The number of amides is 1. The van der Waals surface area contributed by atoms with Gasteiger partial charge in [0.15, 0.2) is 17.1 Å². The first-order chi connectivity index (χ1) is 12.1. The van der Waals surface area contributed by atoms with Gasteiger partial charge in [0.25, 0.3) is 5.91 Å². The topological polar surface area (TPSA) is 87.0 Å². The molecule has 2 aromatic heterocycles. The molecule has 3 rings (SSSR count). The van der Waals surface area contributed by atoms with Gasteiger partial charge in [-0.15, -0.1) is 5.10 Å². The third-order valence-electron chi connectivity index (χ3n) is 3.46. The fourth-order valence-electron chi connectivity index (χ4n) is 2.31. The quantitative estimate of drug-likeness (QED) is 0.740. The van der Waals surface area contributed by atoms with Crippen molar-refractivity contribution in [2.45, 2.75) is 6.92 Å². The summed E-state index contributed by atoms with van der Waals surface area (Å²) in [6.45, 7) is 2.39. The van der Waals surface area contributed by atoms with Crippen molar-refractivity contribution in [2.75, 3.05) is 26.1 Å². The molecule has 0 aliphatic carbocycles. The normalized spacial score (nSPS) is 10.5. The Labute approximate surface area is 144 Å². The van der Waals surface area contributed by atoms with Gasteiger partial charge in [-0.3, -0.25) is 4.79 Å². The maximum atomic E-state index is 12.4. The van der Waals surface area contributed by atoms with E-state index >= 15 is 0 Å². The molecule has 2 heterocycles. The SMILES string of the molecule is CCOc1ccc2nc(C(=O)Nc3ccc(OC)c(OC)c3)cn2n1. The second kappa shape index (κ2) is 7.08. The number of rotatable bonds is 6. The first-order valence-electron chi connectivity index (χ1n) is 7.67. The average molecular weight is 342 g/mol. The highest BCUT2D eigenvalue weighted by atomic mass is 16.5. The Morgan fingerprint density at radius 3 is 2.68 bits per heavy atom. The molecule has 0 unspecified atom stereocenters. The summed E-state index contributed by atoms with van der Waals surface area (Å²) in [5.41, 5.74) is 1.37. The number of carbonyl (C=O) groups excluding carboxylic acids is 1. The molecule has 8 heteroatoms. The van der Waals surface area contributed by atoms with Crippen LogP contribution in [0.1, 0.15) is 17.4 Å². The summed E-state index contributed by atoms with van der Waals surface area (Å²) in [5.74, 6) is 1.23. The third-order valence-corrected chi connectivity index (χ3v) is 3.46. The summed E-state index contributed by atoms with van der Waals surface area (Å²) in [7, 11) is 3.09. The fraction of sp³-hybridized carbons (Fsp3) is 0.235. The highest BCUT2D eigenvalue weighted by Gasteiger charge is 2.13. The fourth-order valence-corrected chi connectivity index (χ4v) is 2.31. The van der Waals surface area contributed by atoms with E-state index in [0.29, 0.717) is 35.3 Å². The number of hydrogen-bond donors (Lipinski definition) is 1. The van der Waals surface area contributed by atoms with Crippen molar-refractivity contribution in [1.29, 1.82) is 0 Å². The van der Waals surface area contributed by atoms with Crippen molar-refractivity contribution < 1.29 is 19.0 Å². The second-order valence-electron chi connectivity index (χ2n) is 5.06. The van der Waals surface area contributed by atoms with E-state index in [1.807, 2.05) is 6.92 Å². The molecular weight excluding hydrogens is 324 g/mol. The van der Waals surface area contributed by atoms with Gasteiger partial charge in [0.1, 0.15) is 5.69 Å². The van der Waals surface area contributed by atoms with Gasteiger partial charge in [-0.2, -0.15) is 0 Å². The Kier molecular flexibility index (Phi) is 4.69. The van der Waals surface area contributed by atoms with Crippen LogP contribution < -0.4 is 19.5 Å². The summed E-state index contributed by atoms with van der Waals surface area (Å²) in [6.07, 6.45) is 1.55. The number of methoxy groups -OCH3 is 2. The molecule has 0 aliphatic heterocycles. The number of nitrogens with zero attached hydrogens (tertiary/aromatic N) is 3. The first-order valence-corrected chi connectivity index (χ1v) is 7.67. The van der Waals surface area contributed by atoms with Crippen molar-refractivity contribution in [1.82, 2.24) is 14.6 Å². The largest absolute Gasteiger partial charge is 0.493 e. The lowest BCUT2D eigenvalue weighted by atomic mass is 10.2. The van der Waals surface area contributed by atoms with Gasteiger partial charge in [0.05, 0.1) is 27.0 Å². The van der Waals surface area contributed by atoms with Crippen LogP contribution >= 0.6 is 0 Å². The zero-order chi connectivity index (χ0) is 17.8. The molecule has 0 atom stereocenters. The maximum absolute atomic E-state index is 12.4. The number of benzene rings is 1. The van der Waals surface area contributed by atoms with Crippen LogP contribution in [0.4, 0.5) is 5.69 Å². The Bertz CT molecular complexity index is 907. The van der Waals surface area contributed by atoms with Gasteiger partial charge in [0.2, 0.25) is 5.88 Å². The number of imidazole rings is 1. The van der Waals surface area contributed by atoms with Crippen molar-refractivity contribution >= 4 is 17.2 Å². The highest BCUT2D eigenvalue weighted by molar-refractivity contribution is 6.03. The lowest BCUT2D eigenvalue weighted by Gasteiger charge is -2.09. The molecule has 25 heavy (non-hydrogen) atoms. The van der Waals surface area contributed by atoms with Crippen LogP contribution in [0.2, 0.25) is 0 Å². The van der Waals surface area contributed by atoms with E-state index in [4.69, 9.17) is 14.2 Å². The Hall–Kier alpha value is -3.29. The molecule has 3 aromatic rings. The van der Waals surface area contributed by atoms with Crippen LogP contribution in [0.5, 0.6) is 17.4 Å². The predicted octanol–water partition coefficient (Wildman–Crippen LogP) is 2.40. The van der Waals surface area contributed by atoms with Gasteiger partial charge in [-0.25, -0.2) is 9.50 Å². The highest BCUT2D eigenvalue weighted by Crippen LogP contribution is 2.29. The zero-order valence-electron chi connectivity index (χ0n) is 14.1. The molecule has 0 spiro atoms. The summed E-state index contributed by atoms with van der Waals surface area (Å²) in [5, 5.41) is 7.02. The van der Waals surface area contributed by atoms with Gasteiger partial charge in [-0.05, 0) is 25.1 Å². The smallest absolute Gasteiger partial charge is 0.275 e. The van der Waals surface area contributed by atoms with Crippen molar-refractivity contribution in [3.8, 4) is 17.4 Å². The monoisotopic (exact) mass is 342 g/mol.